The van der Waals surface area contributed by atoms with Crippen molar-refractivity contribution in [1.82, 2.24) is 4.90 Å². The first-order valence-corrected chi connectivity index (χ1v) is 5.56. The van der Waals surface area contributed by atoms with Crippen LogP contribution in [0, 0.1) is 11.8 Å². The molecule has 0 radical (unpaired) electrons. The summed E-state index contributed by atoms with van der Waals surface area (Å²) in [6, 6.07) is 0. The van der Waals surface area contributed by atoms with Gasteiger partial charge in [-0.05, 0) is 31.6 Å². The molecule has 1 saturated heterocycles. The van der Waals surface area contributed by atoms with Gasteiger partial charge in [-0.15, -0.1) is 0 Å². The topological polar surface area (TPSA) is 29.5 Å². The van der Waals surface area contributed by atoms with E-state index >= 15 is 0 Å². The second-order valence-corrected chi connectivity index (χ2v) is 4.29. The van der Waals surface area contributed by atoms with E-state index in [4.69, 9.17) is 4.74 Å². The average molecular weight is 199 g/mol. The van der Waals surface area contributed by atoms with Crippen LogP contribution in [0.25, 0.3) is 0 Å². The fraction of sp³-hybridized carbons (Fsp3) is 0.909. The summed E-state index contributed by atoms with van der Waals surface area (Å²) in [7, 11) is 0. The summed E-state index contributed by atoms with van der Waals surface area (Å²) in [5.74, 6) is 1.31. The molecule has 1 heterocycles. The maximum Gasteiger partial charge on any atom is 0.409 e. The summed E-state index contributed by atoms with van der Waals surface area (Å²) in [5.41, 5.74) is 0. The summed E-state index contributed by atoms with van der Waals surface area (Å²) < 4.78 is 5.00. The Morgan fingerprint density at radius 2 is 2.29 bits per heavy atom. The summed E-state index contributed by atoms with van der Waals surface area (Å²) in [6.07, 6.45) is 2.22. The number of carbonyl (C=O) groups excluding carboxylic acids is 1. The number of amides is 1. The maximum absolute atomic E-state index is 11.5. The van der Waals surface area contributed by atoms with Crippen LogP contribution in [0.3, 0.4) is 0 Å². The molecule has 1 rings (SSSR count). The molecule has 82 valence electrons. The molecule has 14 heavy (non-hydrogen) atoms. The second kappa shape index (κ2) is 5.23. The van der Waals surface area contributed by atoms with E-state index in [1.165, 1.54) is 6.42 Å². The van der Waals surface area contributed by atoms with Crippen molar-refractivity contribution in [2.75, 3.05) is 19.7 Å². The second-order valence-electron chi connectivity index (χ2n) is 4.29. The molecule has 0 saturated carbocycles. The number of hydrogen-bond acceptors (Lipinski definition) is 2. The Kier molecular flexibility index (Phi) is 4.23. The zero-order valence-corrected chi connectivity index (χ0v) is 9.45. The van der Waals surface area contributed by atoms with E-state index in [0.29, 0.717) is 18.4 Å². The van der Waals surface area contributed by atoms with E-state index < -0.39 is 0 Å². The molecule has 0 N–H and O–H groups in total. The molecule has 0 aromatic rings. The lowest BCUT2D eigenvalue weighted by molar-refractivity contribution is 0.0813. The molecule has 1 fully saturated rings. The van der Waals surface area contributed by atoms with Gasteiger partial charge in [-0.25, -0.2) is 4.79 Å². The Morgan fingerprint density at radius 1 is 1.57 bits per heavy atom. The molecule has 0 aliphatic carbocycles. The van der Waals surface area contributed by atoms with Gasteiger partial charge < -0.3 is 9.64 Å². The summed E-state index contributed by atoms with van der Waals surface area (Å²) in [6.45, 7) is 8.50. The lowest BCUT2D eigenvalue weighted by Crippen LogP contribution is -2.41. The number of ether oxygens (including phenoxy) is 1. The van der Waals surface area contributed by atoms with Crippen LogP contribution in [-0.4, -0.2) is 30.7 Å². The third-order valence-corrected chi connectivity index (χ3v) is 2.93. The van der Waals surface area contributed by atoms with E-state index in [2.05, 4.69) is 13.8 Å². The predicted molar refractivity (Wildman–Crippen MR) is 56.2 cm³/mol. The Labute approximate surface area is 86.4 Å². The molecule has 1 amide bonds. The van der Waals surface area contributed by atoms with Crippen molar-refractivity contribution < 1.29 is 9.53 Å². The average Bonchev–Trinajstić information content (AvgIpc) is 2.18. The van der Waals surface area contributed by atoms with E-state index in [0.717, 1.165) is 19.5 Å². The van der Waals surface area contributed by atoms with Gasteiger partial charge >= 0.3 is 6.09 Å². The smallest absolute Gasteiger partial charge is 0.409 e. The quantitative estimate of drug-likeness (QED) is 0.684. The molecule has 3 heteroatoms. The Morgan fingerprint density at radius 3 is 2.86 bits per heavy atom. The third-order valence-electron chi connectivity index (χ3n) is 2.93. The van der Waals surface area contributed by atoms with Crippen molar-refractivity contribution in [3.8, 4) is 0 Å². The number of likely N-dealkylation sites (tertiary alicyclic amines) is 1. The molecule has 0 bridgehead atoms. The lowest BCUT2D eigenvalue weighted by Gasteiger charge is -2.33. The highest BCUT2D eigenvalue weighted by Gasteiger charge is 2.25. The normalized spacial score (nSPS) is 22.6. The van der Waals surface area contributed by atoms with E-state index in [1.807, 2.05) is 11.8 Å². The van der Waals surface area contributed by atoms with Crippen LogP contribution in [0.15, 0.2) is 0 Å². The Bertz CT molecular complexity index is 192. The van der Waals surface area contributed by atoms with Crippen LogP contribution in [0.4, 0.5) is 4.79 Å². The van der Waals surface area contributed by atoms with E-state index in [9.17, 15) is 4.79 Å². The number of hydrogen-bond donors (Lipinski definition) is 0. The van der Waals surface area contributed by atoms with Crippen molar-refractivity contribution in [2.24, 2.45) is 11.8 Å². The van der Waals surface area contributed by atoms with Crippen molar-refractivity contribution >= 4 is 6.09 Å². The van der Waals surface area contributed by atoms with Crippen LogP contribution in [0.2, 0.25) is 0 Å². The van der Waals surface area contributed by atoms with Gasteiger partial charge in [0.05, 0.1) is 6.61 Å². The minimum atomic E-state index is -0.141. The monoisotopic (exact) mass is 199 g/mol. The molecule has 1 aliphatic heterocycles. The third kappa shape index (κ3) is 2.89. The first kappa shape index (κ1) is 11.3. The highest BCUT2D eigenvalue weighted by Crippen LogP contribution is 2.23. The van der Waals surface area contributed by atoms with Gasteiger partial charge in [0, 0.05) is 13.1 Å². The van der Waals surface area contributed by atoms with Gasteiger partial charge in [0.15, 0.2) is 0 Å². The predicted octanol–water partition coefficient (Wildman–Crippen LogP) is 2.51. The molecule has 1 atom stereocenters. The fourth-order valence-electron chi connectivity index (χ4n) is 1.93. The first-order chi connectivity index (χ1) is 6.65. The number of carbonyl (C=O) groups is 1. The molecule has 1 aliphatic rings. The molecular weight excluding hydrogens is 178 g/mol. The standard InChI is InChI=1S/C11H21NO2/c1-4-14-11(13)12-7-5-6-10(8-12)9(2)3/h9-10H,4-8H2,1-3H3/t10-/m1/s1. The van der Waals surface area contributed by atoms with Gasteiger partial charge in [-0.2, -0.15) is 0 Å². The van der Waals surface area contributed by atoms with Crippen molar-refractivity contribution in [1.29, 1.82) is 0 Å². The zero-order valence-electron chi connectivity index (χ0n) is 9.45. The minimum Gasteiger partial charge on any atom is -0.450 e. The van der Waals surface area contributed by atoms with E-state index in [1.54, 1.807) is 0 Å². The fourth-order valence-corrected chi connectivity index (χ4v) is 1.93. The van der Waals surface area contributed by atoms with Crippen LogP contribution in [0.5, 0.6) is 0 Å². The molecular formula is C11H21NO2. The van der Waals surface area contributed by atoms with Gasteiger partial charge in [0.1, 0.15) is 0 Å². The summed E-state index contributed by atoms with van der Waals surface area (Å²) >= 11 is 0. The lowest BCUT2D eigenvalue weighted by atomic mass is 9.88. The van der Waals surface area contributed by atoms with Crippen LogP contribution in [0.1, 0.15) is 33.6 Å². The highest BCUT2D eigenvalue weighted by molar-refractivity contribution is 5.67. The van der Waals surface area contributed by atoms with Gasteiger partial charge in [0.25, 0.3) is 0 Å². The molecule has 0 aromatic heterocycles. The first-order valence-electron chi connectivity index (χ1n) is 5.56. The van der Waals surface area contributed by atoms with Crippen LogP contribution in [-0.2, 0) is 4.74 Å². The SMILES string of the molecule is CCOC(=O)N1CCC[C@@H](C(C)C)C1. The number of nitrogens with zero attached hydrogens (tertiary/aromatic N) is 1. The van der Waals surface area contributed by atoms with Crippen molar-refractivity contribution in [2.45, 2.75) is 33.6 Å². The van der Waals surface area contributed by atoms with Crippen molar-refractivity contribution in [3.05, 3.63) is 0 Å². The van der Waals surface area contributed by atoms with Gasteiger partial charge in [-0.3, -0.25) is 0 Å². The summed E-state index contributed by atoms with van der Waals surface area (Å²) in [4.78, 5) is 13.3. The number of piperidine rings is 1. The highest BCUT2D eigenvalue weighted by atomic mass is 16.6. The van der Waals surface area contributed by atoms with Crippen molar-refractivity contribution in [3.63, 3.8) is 0 Å². The number of rotatable bonds is 2. The van der Waals surface area contributed by atoms with Crippen LogP contribution >= 0.6 is 0 Å². The van der Waals surface area contributed by atoms with Gasteiger partial charge in [-0.1, -0.05) is 13.8 Å². The Balaban J connectivity index is 2.43. The Hall–Kier alpha value is -0.730. The van der Waals surface area contributed by atoms with E-state index in [-0.39, 0.29) is 6.09 Å². The van der Waals surface area contributed by atoms with Crippen LogP contribution < -0.4 is 0 Å². The molecule has 0 unspecified atom stereocenters. The minimum absolute atomic E-state index is 0.141. The summed E-state index contributed by atoms with van der Waals surface area (Å²) in [5, 5.41) is 0. The van der Waals surface area contributed by atoms with Gasteiger partial charge in [0.2, 0.25) is 0 Å². The maximum atomic E-state index is 11.5. The molecule has 0 spiro atoms. The largest absolute Gasteiger partial charge is 0.450 e. The molecule has 3 nitrogen and oxygen atoms in total. The zero-order chi connectivity index (χ0) is 10.6. The molecule has 0 aromatic carbocycles.